The fourth-order valence-corrected chi connectivity index (χ4v) is 2.31. The summed E-state index contributed by atoms with van der Waals surface area (Å²) in [5.74, 6) is 0.178. The van der Waals surface area contributed by atoms with E-state index in [-0.39, 0.29) is 5.75 Å². The number of benzene rings is 2. The summed E-state index contributed by atoms with van der Waals surface area (Å²) in [6, 6.07) is 15.1. The van der Waals surface area contributed by atoms with Crippen molar-refractivity contribution in [3.63, 3.8) is 0 Å². The van der Waals surface area contributed by atoms with Gasteiger partial charge in [-0.3, -0.25) is 0 Å². The minimum Gasteiger partial charge on any atom is -0.435 e. The van der Waals surface area contributed by atoms with E-state index in [0.29, 0.717) is 0 Å². The number of hydrogen-bond donors (Lipinski definition) is 0. The number of alkyl halides is 2. The summed E-state index contributed by atoms with van der Waals surface area (Å²) in [4.78, 5) is 0. The quantitative estimate of drug-likeness (QED) is 0.439. The highest BCUT2D eigenvalue weighted by atomic mass is 19.3. The first-order chi connectivity index (χ1) is 10.7. The summed E-state index contributed by atoms with van der Waals surface area (Å²) in [5, 5.41) is 0. The Hall–Kier alpha value is -2.16. The summed E-state index contributed by atoms with van der Waals surface area (Å²) in [6.45, 7) is 0.936. The van der Waals surface area contributed by atoms with Crippen molar-refractivity contribution >= 4 is 0 Å². The van der Waals surface area contributed by atoms with E-state index in [9.17, 15) is 8.78 Å². The van der Waals surface area contributed by atoms with E-state index in [0.717, 1.165) is 36.8 Å². The van der Waals surface area contributed by atoms with Gasteiger partial charge in [-0.05, 0) is 54.5 Å². The molecular formula is C19H20F2O. The minimum absolute atomic E-state index is 0.178. The van der Waals surface area contributed by atoms with Gasteiger partial charge in [-0.15, -0.1) is 6.58 Å². The minimum atomic E-state index is -2.79. The van der Waals surface area contributed by atoms with Crippen LogP contribution >= 0.6 is 0 Å². The number of hydrogen-bond acceptors (Lipinski definition) is 1. The molecule has 0 spiro atoms. The van der Waals surface area contributed by atoms with Gasteiger partial charge in [0.05, 0.1) is 0 Å². The van der Waals surface area contributed by atoms with Crippen LogP contribution in [0.5, 0.6) is 5.75 Å². The second kappa shape index (κ2) is 8.32. The largest absolute Gasteiger partial charge is 0.435 e. The number of ether oxygens (including phenoxy) is 1. The average molecular weight is 302 g/mol. The third-order valence-electron chi connectivity index (χ3n) is 3.49. The van der Waals surface area contributed by atoms with Crippen molar-refractivity contribution in [2.45, 2.75) is 32.3 Å². The second-order valence-electron chi connectivity index (χ2n) is 5.13. The maximum absolute atomic E-state index is 12.1. The highest BCUT2D eigenvalue weighted by Gasteiger charge is 2.04. The summed E-state index contributed by atoms with van der Waals surface area (Å²) in [5.41, 5.74) is 3.36. The van der Waals surface area contributed by atoms with E-state index in [1.165, 1.54) is 5.56 Å². The molecule has 0 aliphatic heterocycles. The molecule has 0 radical (unpaired) electrons. The molecule has 0 heterocycles. The summed E-state index contributed by atoms with van der Waals surface area (Å²) < 4.78 is 28.6. The summed E-state index contributed by atoms with van der Waals surface area (Å²) in [6.07, 6.45) is 6.40. The van der Waals surface area contributed by atoms with E-state index in [4.69, 9.17) is 0 Å². The van der Waals surface area contributed by atoms with Crippen molar-refractivity contribution in [1.82, 2.24) is 0 Å². The molecular weight excluding hydrogens is 282 g/mol. The van der Waals surface area contributed by atoms with Gasteiger partial charge < -0.3 is 4.74 Å². The lowest BCUT2D eigenvalue weighted by Crippen LogP contribution is -2.01. The Kier molecular flexibility index (Phi) is 6.13. The Morgan fingerprint density at radius 2 is 1.50 bits per heavy atom. The predicted octanol–water partition coefficient (Wildman–Crippen LogP) is 5.85. The van der Waals surface area contributed by atoms with Gasteiger partial charge in [-0.2, -0.15) is 8.78 Å². The third-order valence-corrected chi connectivity index (χ3v) is 3.49. The normalized spacial score (nSPS) is 10.7. The number of rotatable bonds is 8. The van der Waals surface area contributed by atoms with Crippen LogP contribution in [0.25, 0.3) is 11.1 Å². The highest BCUT2D eigenvalue weighted by molar-refractivity contribution is 5.64. The van der Waals surface area contributed by atoms with Gasteiger partial charge in [-0.25, -0.2) is 0 Å². The van der Waals surface area contributed by atoms with Crippen LogP contribution in [-0.4, -0.2) is 6.61 Å². The number of aryl methyl sites for hydroxylation is 1. The molecule has 0 atom stereocenters. The molecule has 22 heavy (non-hydrogen) atoms. The molecule has 2 aromatic carbocycles. The van der Waals surface area contributed by atoms with E-state index < -0.39 is 6.61 Å². The summed E-state index contributed by atoms with van der Waals surface area (Å²) in [7, 11) is 0. The molecule has 2 aromatic rings. The number of allylic oxidation sites excluding steroid dienone is 1. The fraction of sp³-hybridized carbons (Fsp3) is 0.263. The van der Waals surface area contributed by atoms with Crippen molar-refractivity contribution in [3.8, 4) is 16.9 Å². The Labute approximate surface area is 130 Å². The number of unbranched alkanes of at least 4 members (excludes halogenated alkanes) is 2. The van der Waals surface area contributed by atoms with Gasteiger partial charge in [0.25, 0.3) is 0 Å². The lowest BCUT2D eigenvalue weighted by molar-refractivity contribution is -0.0498. The lowest BCUT2D eigenvalue weighted by atomic mass is 10.0. The van der Waals surface area contributed by atoms with Crippen LogP contribution in [0.2, 0.25) is 0 Å². The maximum Gasteiger partial charge on any atom is 0.387 e. The highest BCUT2D eigenvalue weighted by Crippen LogP contribution is 2.24. The third kappa shape index (κ3) is 4.99. The molecule has 0 saturated heterocycles. The first-order valence-corrected chi connectivity index (χ1v) is 7.44. The van der Waals surface area contributed by atoms with Gasteiger partial charge in [0, 0.05) is 0 Å². The van der Waals surface area contributed by atoms with Gasteiger partial charge in [-0.1, -0.05) is 42.5 Å². The van der Waals surface area contributed by atoms with Crippen molar-refractivity contribution in [2.75, 3.05) is 0 Å². The van der Waals surface area contributed by atoms with E-state index in [2.05, 4.69) is 35.6 Å². The molecule has 1 nitrogen and oxygen atoms in total. The van der Waals surface area contributed by atoms with Gasteiger partial charge in [0.15, 0.2) is 0 Å². The van der Waals surface area contributed by atoms with Gasteiger partial charge in [0.2, 0.25) is 0 Å². The van der Waals surface area contributed by atoms with Crippen LogP contribution < -0.4 is 4.74 Å². The molecule has 0 N–H and O–H groups in total. The Bertz CT molecular complexity index is 573. The molecule has 0 saturated carbocycles. The molecule has 0 bridgehead atoms. The molecule has 0 aliphatic rings. The molecule has 2 rings (SSSR count). The van der Waals surface area contributed by atoms with Gasteiger partial charge >= 0.3 is 6.61 Å². The van der Waals surface area contributed by atoms with Crippen LogP contribution in [-0.2, 0) is 6.42 Å². The van der Waals surface area contributed by atoms with Crippen LogP contribution in [0, 0.1) is 0 Å². The van der Waals surface area contributed by atoms with Gasteiger partial charge in [0.1, 0.15) is 5.75 Å². The topological polar surface area (TPSA) is 9.23 Å². The van der Waals surface area contributed by atoms with E-state index in [1.54, 1.807) is 24.3 Å². The Balaban J connectivity index is 1.96. The lowest BCUT2D eigenvalue weighted by Gasteiger charge is -2.07. The first-order valence-electron chi connectivity index (χ1n) is 7.44. The van der Waals surface area contributed by atoms with Crippen molar-refractivity contribution in [1.29, 1.82) is 0 Å². The van der Waals surface area contributed by atoms with Crippen LogP contribution in [0.4, 0.5) is 8.78 Å². The maximum atomic E-state index is 12.1. The molecule has 3 heteroatoms. The van der Waals surface area contributed by atoms with Crippen LogP contribution in [0.1, 0.15) is 24.8 Å². The monoisotopic (exact) mass is 302 g/mol. The van der Waals surface area contributed by atoms with Crippen molar-refractivity contribution in [3.05, 3.63) is 66.7 Å². The van der Waals surface area contributed by atoms with Crippen LogP contribution in [0.15, 0.2) is 61.2 Å². The zero-order valence-corrected chi connectivity index (χ0v) is 12.5. The molecule has 0 fully saturated rings. The zero-order chi connectivity index (χ0) is 15.8. The molecule has 0 amide bonds. The predicted molar refractivity (Wildman–Crippen MR) is 86.3 cm³/mol. The fourth-order valence-electron chi connectivity index (χ4n) is 2.31. The molecule has 0 aromatic heterocycles. The zero-order valence-electron chi connectivity index (χ0n) is 12.5. The SMILES string of the molecule is C=CCCCCc1ccc(-c2ccc(OC(F)F)cc2)cc1. The van der Waals surface area contributed by atoms with Crippen LogP contribution in [0.3, 0.4) is 0 Å². The molecule has 0 aliphatic carbocycles. The molecule has 116 valence electrons. The number of halogens is 2. The van der Waals surface area contributed by atoms with Crippen molar-refractivity contribution in [2.24, 2.45) is 0 Å². The average Bonchev–Trinajstić information content (AvgIpc) is 2.52. The van der Waals surface area contributed by atoms with Crippen molar-refractivity contribution < 1.29 is 13.5 Å². The Morgan fingerprint density at radius 1 is 0.909 bits per heavy atom. The summed E-state index contributed by atoms with van der Waals surface area (Å²) >= 11 is 0. The van der Waals surface area contributed by atoms with E-state index >= 15 is 0 Å². The molecule has 0 unspecified atom stereocenters. The first kappa shape index (κ1) is 16.2. The second-order valence-corrected chi connectivity index (χ2v) is 5.13. The van der Waals surface area contributed by atoms with E-state index in [1.807, 2.05) is 6.08 Å². The standard InChI is InChI=1S/C19H20F2O/c1-2-3-4-5-6-15-7-9-16(10-8-15)17-11-13-18(14-12-17)22-19(20)21/h2,7-14,19H,1,3-6H2. The Morgan fingerprint density at radius 3 is 2.05 bits per heavy atom. The smallest absolute Gasteiger partial charge is 0.387 e.